The summed E-state index contributed by atoms with van der Waals surface area (Å²) in [4.78, 5) is 3.43. The van der Waals surface area contributed by atoms with E-state index in [1.807, 2.05) is 12.1 Å². The lowest BCUT2D eigenvalue weighted by molar-refractivity contribution is 0.00842. The van der Waals surface area contributed by atoms with E-state index in [0.717, 1.165) is 24.2 Å². The number of fused-ring (bicyclic) bond motifs is 1. The highest BCUT2D eigenvalue weighted by atomic mass is 16.5. The molecule has 0 aliphatic carbocycles. The molecule has 2 rings (SSSR count). The van der Waals surface area contributed by atoms with Gasteiger partial charge >= 0.3 is 0 Å². The first-order valence-electron chi connectivity index (χ1n) is 7.38. The Kier molecular flexibility index (Phi) is 4.91. The molecule has 0 fully saturated rings. The summed E-state index contributed by atoms with van der Waals surface area (Å²) in [6.45, 7) is 7.23. The quantitative estimate of drug-likeness (QED) is 0.821. The fourth-order valence-electron chi connectivity index (χ4n) is 2.57. The van der Waals surface area contributed by atoms with Gasteiger partial charge < -0.3 is 19.8 Å². The van der Waals surface area contributed by atoms with Crippen molar-refractivity contribution >= 4 is 10.9 Å². The molecule has 1 aromatic heterocycles. The third-order valence-corrected chi connectivity index (χ3v) is 3.88. The minimum absolute atomic E-state index is 0.0970. The molecule has 0 spiro atoms. The van der Waals surface area contributed by atoms with Crippen LogP contribution in [-0.2, 0) is 11.3 Å². The first kappa shape index (κ1) is 15.9. The highest BCUT2D eigenvalue weighted by Crippen LogP contribution is 2.21. The van der Waals surface area contributed by atoms with Crippen molar-refractivity contribution < 1.29 is 9.47 Å². The first-order chi connectivity index (χ1) is 9.93. The number of H-pyrrole nitrogens is 1. The molecule has 0 saturated carbocycles. The molecule has 21 heavy (non-hydrogen) atoms. The molecule has 1 heterocycles. The maximum absolute atomic E-state index is 5.47. The van der Waals surface area contributed by atoms with Crippen molar-refractivity contribution in [1.82, 2.24) is 10.3 Å². The van der Waals surface area contributed by atoms with Crippen molar-refractivity contribution in [2.45, 2.75) is 45.4 Å². The van der Waals surface area contributed by atoms with Gasteiger partial charge in [-0.3, -0.25) is 0 Å². The Morgan fingerprint density at radius 2 is 2.00 bits per heavy atom. The minimum Gasteiger partial charge on any atom is -0.497 e. The molecule has 0 unspecified atom stereocenters. The van der Waals surface area contributed by atoms with Crippen molar-refractivity contribution in [3.8, 4) is 5.75 Å². The van der Waals surface area contributed by atoms with E-state index in [4.69, 9.17) is 9.47 Å². The predicted molar refractivity (Wildman–Crippen MR) is 86.9 cm³/mol. The van der Waals surface area contributed by atoms with Crippen LogP contribution in [0.5, 0.6) is 5.75 Å². The molecular formula is C17H26N2O2. The van der Waals surface area contributed by atoms with E-state index in [9.17, 15) is 0 Å². The van der Waals surface area contributed by atoms with Crippen LogP contribution in [0.2, 0.25) is 0 Å². The Bertz CT molecular complexity index is 589. The third-order valence-electron chi connectivity index (χ3n) is 3.88. The molecule has 0 aliphatic rings. The Morgan fingerprint density at radius 3 is 2.67 bits per heavy atom. The summed E-state index contributed by atoms with van der Waals surface area (Å²) in [6.07, 6.45) is 0.970. The molecule has 0 saturated heterocycles. The molecule has 0 bridgehead atoms. The average Bonchev–Trinajstić information content (AvgIpc) is 2.86. The molecule has 4 heteroatoms. The number of aromatic nitrogens is 1. The van der Waals surface area contributed by atoms with Crippen molar-refractivity contribution in [1.29, 1.82) is 0 Å². The van der Waals surface area contributed by atoms with Gasteiger partial charge in [0.25, 0.3) is 0 Å². The van der Waals surface area contributed by atoms with Gasteiger partial charge in [-0.2, -0.15) is 0 Å². The van der Waals surface area contributed by atoms with Gasteiger partial charge in [-0.05, 0) is 51.5 Å². The lowest BCUT2D eigenvalue weighted by Gasteiger charge is -2.27. The number of rotatable bonds is 7. The topological polar surface area (TPSA) is 46.3 Å². The van der Waals surface area contributed by atoms with Crippen LogP contribution in [0.3, 0.4) is 0 Å². The van der Waals surface area contributed by atoms with Crippen LogP contribution in [0.1, 0.15) is 32.9 Å². The summed E-state index contributed by atoms with van der Waals surface area (Å²) in [5.74, 6) is 0.885. The zero-order valence-electron chi connectivity index (χ0n) is 13.6. The summed E-state index contributed by atoms with van der Waals surface area (Å²) in [5.41, 5.74) is 2.22. The molecule has 2 N–H and O–H groups in total. The third kappa shape index (κ3) is 4.22. The van der Waals surface area contributed by atoms with Gasteiger partial charge in [0.05, 0.1) is 12.7 Å². The van der Waals surface area contributed by atoms with Crippen LogP contribution in [0.25, 0.3) is 10.9 Å². The van der Waals surface area contributed by atoms with Gasteiger partial charge in [-0.1, -0.05) is 0 Å². The molecule has 116 valence electrons. The summed E-state index contributed by atoms with van der Waals surface area (Å²) in [7, 11) is 3.45. The van der Waals surface area contributed by atoms with Gasteiger partial charge in [0.2, 0.25) is 0 Å². The van der Waals surface area contributed by atoms with Crippen LogP contribution in [-0.4, -0.2) is 30.8 Å². The minimum atomic E-state index is -0.0970. The average molecular weight is 290 g/mol. The maximum Gasteiger partial charge on any atom is 0.119 e. The van der Waals surface area contributed by atoms with Crippen molar-refractivity contribution in [2.24, 2.45) is 0 Å². The molecule has 2 aromatic rings. The number of nitrogens with one attached hydrogen (secondary N) is 2. The SMILES string of the molecule is COc1ccc2[nH]c(CN[C@H](C)CC(C)(C)OC)cc2c1. The smallest absolute Gasteiger partial charge is 0.119 e. The van der Waals surface area contributed by atoms with Gasteiger partial charge in [0.1, 0.15) is 5.75 Å². The number of ether oxygens (including phenoxy) is 2. The number of benzene rings is 1. The van der Waals surface area contributed by atoms with Crippen molar-refractivity contribution in [3.05, 3.63) is 30.0 Å². The van der Waals surface area contributed by atoms with Crippen LogP contribution in [0.4, 0.5) is 0 Å². The molecule has 1 aromatic carbocycles. The van der Waals surface area contributed by atoms with Crippen LogP contribution in [0, 0.1) is 0 Å². The van der Waals surface area contributed by atoms with Gasteiger partial charge in [-0.15, -0.1) is 0 Å². The largest absolute Gasteiger partial charge is 0.497 e. The Hall–Kier alpha value is -1.52. The van der Waals surface area contributed by atoms with Crippen LogP contribution >= 0.6 is 0 Å². The predicted octanol–water partition coefficient (Wildman–Crippen LogP) is 3.47. The van der Waals surface area contributed by atoms with E-state index in [1.165, 1.54) is 11.1 Å². The summed E-state index contributed by atoms with van der Waals surface area (Å²) in [6, 6.07) is 8.63. The summed E-state index contributed by atoms with van der Waals surface area (Å²) < 4.78 is 10.7. The fraction of sp³-hybridized carbons (Fsp3) is 0.529. The van der Waals surface area contributed by atoms with Gasteiger partial charge in [0, 0.05) is 36.3 Å². The highest BCUT2D eigenvalue weighted by Gasteiger charge is 2.19. The summed E-state index contributed by atoms with van der Waals surface area (Å²) in [5, 5.41) is 4.71. The van der Waals surface area contributed by atoms with Crippen LogP contribution in [0.15, 0.2) is 24.3 Å². The molecule has 0 aliphatic heterocycles. The number of methoxy groups -OCH3 is 2. The second kappa shape index (κ2) is 6.50. The van der Waals surface area contributed by atoms with Crippen molar-refractivity contribution in [3.63, 3.8) is 0 Å². The standard InChI is InChI=1S/C17H26N2O2/c1-12(10-17(2,3)21-5)18-11-14-8-13-9-15(20-4)6-7-16(13)19-14/h6-9,12,18-19H,10-11H2,1-5H3/t12-/m1/s1. The van der Waals surface area contributed by atoms with E-state index in [-0.39, 0.29) is 5.60 Å². The monoisotopic (exact) mass is 290 g/mol. The van der Waals surface area contributed by atoms with E-state index < -0.39 is 0 Å². The van der Waals surface area contributed by atoms with E-state index in [0.29, 0.717) is 6.04 Å². The second-order valence-electron chi connectivity index (χ2n) is 6.20. The first-order valence-corrected chi connectivity index (χ1v) is 7.38. The second-order valence-corrected chi connectivity index (χ2v) is 6.20. The zero-order valence-corrected chi connectivity index (χ0v) is 13.6. The lowest BCUT2D eigenvalue weighted by Crippen LogP contribution is -2.35. The fourth-order valence-corrected chi connectivity index (χ4v) is 2.57. The molecule has 0 amide bonds. The lowest BCUT2D eigenvalue weighted by atomic mass is 10.00. The molecule has 1 atom stereocenters. The number of hydrogen-bond donors (Lipinski definition) is 2. The van der Waals surface area contributed by atoms with Crippen LogP contribution < -0.4 is 10.1 Å². The normalized spacial score (nSPS) is 13.6. The maximum atomic E-state index is 5.47. The number of hydrogen-bond acceptors (Lipinski definition) is 3. The number of aromatic amines is 1. The molecular weight excluding hydrogens is 264 g/mol. The Labute approximate surface area is 126 Å². The Morgan fingerprint density at radius 1 is 1.24 bits per heavy atom. The van der Waals surface area contributed by atoms with Crippen molar-refractivity contribution in [2.75, 3.05) is 14.2 Å². The van der Waals surface area contributed by atoms with Gasteiger partial charge in [-0.25, -0.2) is 0 Å². The molecule has 4 nitrogen and oxygen atoms in total. The molecule has 0 radical (unpaired) electrons. The van der Waals surface area contributed by atoms with E-state index >= 15 is 0 Å². The van der Waals surface area contributed by atoms with E-state index in [1.54, 1.807) is 14.2 Å². The zero-order chi connectivity index (χ0) is 15.5. The van der Waals surface area contributed by atoms with E-state index in [2.05, 4.69) is 43.2 Å². The summed E-state index contributed by atoms with van der Waals surface area (Å²) >= 11 is 0. The highest BCUT2D eigenvalue weighted by molar-refractivity contribution is 5.81. The van der Waals surface area contributed by atoms with Gasteiger partial charge in [0.15, 0.2) is 0 Å². The Balaban J connectivity index is 1.97.